The molecule has 2 amide bonds. The molecule has 0 bridgehead atoms. The first-order valence-corrected chi connectivity index (χ1v) is 4.68. The number of halogens is 2. The average Bonchev–Trinajstić information content (AvgIpc) is 1.98. The molecule has 0 atom stereocenters. The summed E-state index contributed by atoms with van der Waals surface area (Å²) in [5.74, 6) is 0.0480. The highest BCUT2D eigenvalue weighted by Crippen LogP contribution is 2.13. The number of urea groups is 1. The zero-order valence-corrected chi connectivity index (χ0v) is 9.60. The van der Waals surface area contributed by atoms with Gasteiger partial charge in [0.2, 0.25) is 5.95 Å². The fraction of sp³-hybridized carbons (Fsp3) is 0.286. The number of anilines is 1. The van der Waals surface area contributed by atoms with Crippen molar-refractivity contribution in [1.29, 1.82) is 0 Å². The molecular weight excluding hydrogens is 241 g/mol. The second-order valence-corrected chi connectivity index (χ2v) is 3.57. The van der Waals surface area contributed by atoms with E-state index in [9.17, 15) is 4.79 Å². The third kappa shape index (κ3) is 4.28. The van der Waals surface area contributed by atoms with Gasteiger partial charge in [-0.2, -0.15) is 0 Å². The smallest absolute Gasteiger partial charge is 0.275 e. The SMILES string of the molecule is CN(C)NC(=O)Nc1nc(Cl)cc(Cl)n1. The van der Waals surface area contributed by atoms with Crippen LogP contribution in [0.2, 0.25) is 10.3 Å². The highest BCUT2D eigenvalue weighted by Gasteiger charge is 2.06. The van der Waals surface area contributed by atoms with Crippen molar-refractivity contribution < 1.29 is 4.79 Å². The molecule has 0 radical (unpaired) electrons. The van der Waals surface area contributed by atoms with Gasteiger partial charge in [0, 0.05) is 20.2 Å². The van der Waals surface area contributed by atoms with E-state index in [4.69, 9.17) is 23.2 Å². The van der Waals surface area contributed by atoms with Gasteiger partial charge in [-0.05, 0) is 0 Å². The van der Waals surface area contributed by atoms with Gasteiger partial charge in [0.1, 0.15) is 10.3 Å². The molecule has 8 heteroatoms. The van der Waals surface area contributed by atoms with Crippen LogP contribution in [0, 0.1) is 0 Å². The van der Waals surface area contributed by atoms with Crippen LogP contribution < -0.4 is 10.7 Å². The summed E-state index contributed by atoms with van der Waals surface area (Å²) in [6.07, 6.45) is 0. The Labute approximate surface area is 96.6 Å². The number of nitrogens with one attached hydrogen (secondary N) is 2. The lowest BCUT2D eigenvalue weighted by Crippen LogP contribution is -2.39. The predicted molar refractivity (Wildman–Crippen MR) is 57.9 cm³/mol. The van der Waals surface area contributed by atoms with E-state index in [1.165, 1.54) is 11.1 Å². The van der Waals surface area contributed by atoms with Crippen molar-refractivity contribution in [2.75, 3.05) is 19.4 Å². The fourth-order valence-corrected chi connectivity index (χ4v) is 1.20. The lowest BCUT2D eigenvalue weighted by atomic mass is 10.6. The number of hydrogen-bond acceptors (Lipinski definition) is 4. The molecule has 0 saturated carbocycles. The first-order valence-electron chi connectivity index (χ1n) is 3.92. The van der Waals surface area contributed by atoms with Crippen molar-refractivity contribution in [2.45, 2.75) is 0 Å². The maximum atomic E-state index is 11.2. The Balaban J connectivity index is 2.68. The van der Waals surface area contributed by atoms with E-state index < -0.39 is 6.03 Å². The molecule has 15 heavy (non-hydrogen) atoms. The summed E-state index contributed by atoms with van der Waals surface area (Å²) < 4.78 is 0. The molecule has 0 aliphatic carbocycles. The Kier molecular flexibility index (Phi) is 4.07. The number of hydrogen-bond donors (Lipinski definition) is 2. The van der Waals surface area contributed by atoms with Gasteiger partial charge in [-0.1, -0.05) is 23.2 Å². The second-order valence-electron chi connectivity index (χ2n) is 2.80. The quantitative estimate of drug-likeness (QED) is 0.614. The van der Waals surface area contributed by atoms with Crippen LogP contribution in [0.25, 0.3) is 0 Å². The molecule has 0 spiro atoms. The number of hydrazine groups is 1. The Morgan fingerprint density at radius 3 is 2.33 bits per heavy atom. The maximum absolute atomic E-state index is 11.2. The number of rotatable bonds is 2. The van der Waals surface area contributed by atoms with Crippen LogP contribution in [0.1, 0.15) is 0 Å². The van der Waals surface area contributed by atoms with E-state index in [0.717, 1.165) is 0 Å². The molecule has 82 valence electrons. The Morgan fingerprint density at radius 2 is 1.87 bits per heavy atom. The van der Waals surface area contributed by atoms with Crippen molar-refractivity contribution in [1.82, 2.24) is 20.4 Å². The van der Waals surface area contributed by atoms with E-state index in [1.807, 2.05) is 0 Å². The summed E-state index contributed by atoms with van der Waals surface area (Å²) in [6.45, 7) is 0. The lowest BCUT2D eigenvalue weighted by Gasteiger charge is -2.11. The topological polar surface area (TPSA) is 70.2 Å². The van der Waals surface area contributed by atoms with E-state index in [-0.39, 0.29) is 16.3 Å². The number of nitrogens with zero attached hydrogens (tertiary/aromatic N) is 3. The standard InChI is InChI=1S/C7H9Cl2N5O/c1-14(2)13-7(15)12-6-10-4(8)3-5(9)11-6/h3H,1-2H3,(H2,10,11,12,13,15). The fourth-order valence-electron chi connectivity index (χ4n) is 0.779. The van der Waals surface area contributed by atoms with Crippen LogP contribution in [0.3, 0.4) is 0 Å². The molecular formula is C7H9Cl2N5O. The van der Waals surface area contributed by atoms with Crippen molar-refractivity contribution in [3.05, 3.63) is 16.4 Å². The molecule has 0 saturated heterocycles. The summed E-state index contributed by atoms with van der Waals surface area (Å²) >= 11 is 11.2. The highest BCUT2D eigenvalue weighted by atomic mass is 35.5. The molecule has 0 aliphatic heterocycles. The average molecular weight is 250 g/mol. The largest absolute Gasteiger partial charge is 0.336 e. The maximum Gasteiger partial charge on any atom is 0.336 e. The van der Waals surface area contributed by atoms with Gasteiger partial charge in [0.05, 0.1) is 0 Å². The van der Waals surface area contributed by atoms with Gasteiger partial charge in [0.15, 0.2) is 0 Å². The normalized spacial score (nSPS) is 10.2. The molecule has 6 nitrogen and oxygen atoms in total. The van der Waals surface area contributed by atoms with Crippen LogP contribution in [0.5, 0.6) is 0 Å². The van der Waals surface area contributed by atoms with Crippen molar-refractivity contribution in [2.24, 2.45) is 0 Å². The van der Waals surface area contributed by atoms with Crippen LogP contribution in [-0.4, -0.2) is 35.1 Å². The molecule has 0 aromatic carbocycles. The van der Waals surface area contributed by atoms with Gasteiger partial charge >= 0.3 is 6.03 Å². The van der Waals surface area contributed by atoms with Gasteiger partial charge in [0.25, 0.3) is 0 Å². The lowest BCUT2D eigenvalue weighted by molar-refractivity contribution is 0.224. The second kappa shape index (κ2) is 5.11. The molecule has 2 N–H and O–H groups in total. The van der Waals surface area contributed by atoms with Crippen LogP contribution in [0.15, 0.2) is 6.07 Å². The van der Waals surface area contributed by atoms with E-state index in [1.54, 1.807) is 14.1 Å². The summed E-state index contributed by atoms with van der Waals surface area (Å²) in [5, 5.41) is 4.17. The van der Waals surface area contributed by atoms with Crippen LogP contribution in [-0.2, 0) is 0 Å². The molecule has 0 fully saturated rings. The zero-order valence-electron chi connectivity index (χ0n) is 8.08. The first kappa shape index (κ1) is 12.0. The number of carbonyl (C=O) groups excluding carboxylic acids is 1. The number of carbonyl (C=O) groups is 1. The van der Waals surface area contributed by atoms with Gasteiger partial charge < -0.3 is 0 Å². The Bertz CT molecular complexity index is 350. The Hall–Kier alpha value is -1.11. The Morgan fingerprint density at radius 1 is 1.33 bits per heavy atom. The first-order chi connectivity index (χ1) is 6.97. The summed E-state index contributed by atoms with van der Waals surface area (Å²) in [4.78, 5) is 18.7. The minimum absolute atomic E-state index is 0.0480. The third-order valence-electron chi connectivity index (χ3n) is 1.21. The zero-order chi connectivity index (χ0) is 11.4. The summed E-state index contributed by atoms with van der Waals surface area (Å²) in [6, 6.07) is 0.899. The molecule has 0 unspecified atom stereocenters. The van der Waals surface area contributed by atoms with Crippen molar-refractivity contribution in [3.63, 3.8) is 0 Å². The number of aromatic nitrogens is 2. The van der Waals surface area contributed by atoms with Gasteiger partial charge in [-0.15, -0.1) is 0 Å². The van der Waals surface area contributed by atoms with Crippen molar-refractivity contribution in [3.8, 4) is 0 Å². The molecule has 1 rings (SSSR count). The summed E-state index contributed by atoms with van der Waals surface area (Å²) in [7, 11) is 3.34. The molecule has 0 aliphatic rings. The van der Waals surface area contributed by atoms with Crippen LogP contribution >= 0.6 is 23.2 Å². The minimum atomic E-state index is -0.474. The monoisotopic (exact) mass is 249 g/mol. The minimum Gasteiger partial charge on any atom is -0.275 e. The van der Waals surface area contributed by atoms with Gasteiger partial charge in [-0.25, -0.2) is 19.8 Å². The van der Waals surface area contributed by atoms with Gasteiger partial charge in [-0.3, -0.25) is 10.7 Å². The third-order valence-corrected chi connectivity index (χ3v) is 1.60. The molecule has 1 heterocycles. The predicted octanol–water partition coefficient (Wildman–Crippen LogP) is 1.38. The van der Waals surface area contributed by atoms with E-state index in [2.05, 4.69) is 20.7 Å². The van der Waals surface area contributed by atoms with E-state index >= 15 is 0 Å². The van der Waals surface area contributed by atoms with Crippen molar-refractivity contribution >= 4 is 35.2 Å². The molecule has 1 aromatic heterocycles. The summed E-state index contributed by atoms with van der Waals surface area (Å²) in [5.41, 5.74) is 2.45. The highest BCUT2D eigenvalue weighted by molar-refractivity contribution is 6.33. The van der Waals surface area contributed by atoms with Crippen LogP contribution in [0.4, 0.5) is 10.7 Å². The number of amides is 2. The molecule has 1 aromatic rings. The van der Waals surface area contributed by atoms with E-state index in [0.29, 0.717) is 0 Å².